The average Bonchev–Trinajstić information content (AvgIpc) is 2.63. The molecule has 3 nitrogen and oxygen atoms in total. The van der Waals surface area contributed by atoms with Crippen molar-refractivity contribution < 1.29 is 14.6 Å². The first-order chi connectivity index (χ1) is 11.8. The molecule has 2 unspecified atom stereocenters. The van der Waals surface area contributed by atoms with Gasteiger partial charge in [-0.1, -0.05) is 48.5 Å². The molecule has 24 heavy (non-hydrogen) atoms. The van der Waals surface area contributed by atoms with E-state index in [4.69, 9.17) is 9.47 Å². The minimum atomic E-state index is -0.322. The summed E-state index contributed by atoms with van der Waals surface area (Å²) >= 11 is 0. The lowest BCUT2D eigenvalue weighted by Gasteiger charge is -2.27. The number of hydrogen-bond acceptors (Lipinski definition) is 3. The Balaban J connectivity index is 1.70. The van der Waals surface area contributed by atoms with E-state index in [-0.39, 0.29) is 19.0 Å². The first-order valence-corrected chi connectivity index (χ1v) is 8.77. The second-order valence-corrected chi connectivity index (χ2v) is 6.45. The molecule has 0 spiro atoms. The summed E-state index contributed by atoms with van der Waals surface area (Å²) in [6.07, 6.45) is 3.53. The van der Waals surface area contributed by atoms with E-state index >= 15 is 0 Å². The largest absolute Gasteiger partial charge is 0.393 e. The van der Waals surface area contributed by atoms with Gasteiger partial charge in [-0.25, -0.2) is 0 Å². The lowest BCUT2D eigenvalue weighted by molar-refractivity contribution is -0.196. The maximum absolute atomic E-state index is 9.72. The van der Waals surface area contributed by atoms with Crippen molar-refractivity contribution >= 4 is 0 Å². The summed E-state index contributed by atoms with van der Waals surface area (Å²) in [5.41, 5.74) is 4.85. The second kappa shape index (κ2) is 8.43. The van der Waals surface area contributed by atoms with E-state index < -0.39 is 0 Å². The van der Waals surface area contributed by atoms with E-state index in [0.29, 0.717) is 0 Å². The van der Waals surface area contributed by atoms with Crippen LogP contribution in [0, 0.1) is 6.92 Å². The van der Waals surface area contributed by atoms with Crippen molar-refractivity contribution in [2.45, 2.75) is 45.0 Å². The van der Waals surface area contributed by atoms with Crippen molar-refractivity contribution in [3.05, 3.63) is 70.8 Å². The standard InChI is InChI=1S/C21H26O3/c1-16-13-19(20(15-22)24-21-9-5-6-12-23-21)11-10-18(16)14-17-7-3-2-4-8-17/h2-4,7-8,10-11,13,20-22H,5-6,9,12,14-15H2,1H3. The van der Waals surface area contributed by atoms with Gasteiger partial charge in [-0.2, -0.15) is 0 Å². The molecular formula is C21H26O3. The van der Waals surface area contributed by atoms with Gasteiger partial charge in [0.05, 0.1) is 6.61 Å². The Labute approximate surface area is 144 Å². The minimum absolute atomic E-state index is 0.0304. The molecule has 0 aliphatic carbocycles. The highest BCUT2D eigenvalue weighted by Gasteiger charge is 2.21. The Morgan fingerprint density at radius 3 is 2.67 bits per heavy atom. The fourth-order valence-electron chi connectivity index (χ4n) is 3.16. The maximum Gasteiger partial charge on any atom is 0.158 e. The van der Waals surface area contributed by atoms with E-state index in [1.165, 1.54) is 16.7 Å². The molecule has 2 atom stereocenters. The normalized spacial score (nSPS) is 19.2. The summed E-state index contributed by atoms with van der Waals surface area (Å²) in [7, 11) is 0. The third kappa shape index (κ3) is 4.44. The fourth-order valence-corrected chi connectivity index (χ4v) is 3.16. The van der Waals surface area contributed by atoms with Crippen molar-refractivity contribution in [1.29, 1.82) is 0 Å². The van der Waals surface area contributed by atoms with Gasteiger partial charge in [-0.3, -0.25) is 0 Å². The van der Waals surface area contributed by atoms with Crippen molar-refractivity contribution in [3.8, 4) is 0 Å². The van der Waals surface area contributed by atoms with Crippen LogP contribution in [0.25, 0.3) is 0 Å². The van der Waals surface area contributed by atoms with Gasteiger partial charge in [-0.15, -0.1) is 0 Å². The van der Waals surface area contributed by atoms with Crippen LogP contribution in [-0.4, -0.2) is 24.6 Å². The molecule has 0 saturated carbocycles. The van der Waals surface area contributed by atoms with Crippen LogP contribution < -0.4 is 0 Å². The molecule has 3 rings (SSSR count). The second-order valence-electron chi connectivity index (χ2n) is 6.45. The van der Waals surface area contributed by atoms with Gasteiger partial charge < -0.3 is 14.6 Å². The Hall–Kier alpha value is -1.68. The third-order valence-electron chi connectivity index (χ3n) is 4.60. The molecule has 2 aromatic carbocycles. The zero-order valence-electron chi connectivity index (χ0n) is 14.3. The first kappa shape index (κ1) is 17.2. The highest BCUT2D eigenvalue weighted by molar-refractivity contribution is 5.36. The molecule has 128 valence electrons. The fraction of sp³-hybridized carbons (Fsp3) is 0.429. The molecule has 1 N–H and O–H groups in total. The van der Waals surface area contributed by atoms with Crippen LogP contribution in [0.3, 0.4) is 0 Å². The summed E-state index contributed by atoms with van der Waals surface area (Å²) in [4.78, 5) is 0. The molecule has 1 saturated heterocycles. The van der Waals surface area contributed by atoms with Gasteiger partial charge in [0.2, 0.25) is 0 Å². The number of rotatable bonds is 6. The van der Waals surface area contributed by atoms with Crippen LogP contribution in [-0.2, 0) is 15.9 Å². The van der Waals surface area contributed by atoms with Crippen molar-refractivity contribution in [1.82, 2.24) is 0 Å². The van der Waals surface area contributed by atoms with E-state index in [9.17, 15) is 5.11 Å². The van der Waals surface area contributed by atoms with Crippen LogP contribution in [0.5, 0.6) is 0 Å². The highest BCUT2D eigenvalue weighted by atomic mass is 16.7. The smallest absolute Gasteiger partial charge is 0.158 e. The minimum Gasteiger partial charge on any atom is -0.393 e. The van der Waals surface area contributed by atoms with Gasteiger partial charge in [0.1, 0.15) is 6.10 Å². The van der Waals surface area contributed by atoms with Gasteiger partial charge in [0, 0.05) is 6.61 Å². The number of aliphatic hydroxyl groups excluding tert-OH is 1. The Morgan fingerprint density at radius 1 is 1.17 bits per heavy atom. The maximum atomic E-state index is 9.72. The molecule has 2 aromatic rings. The van der Waals surface area contributed by atoms with E-state index in [1.807, 2.05) is 6.07 Å². The lowest BCUT2D eigenvalue weighted by atomic mass is 9.97. The van der Waals surface area contributed by atoms with Crippen LogP contribution in [0.2, 0.25) is 0 Å². The summed E-state index contributed by atoms with van der Waals surface area (Å²) in [6.45, 7) is 2.84. The molecule has 0 amide bonds. The highest BCUT2D eigenvalue weighted by Crippen LogP contribution is 2.26. The molecule has 1 fully saturated rings. The molecule has 0 aromatic heterocycles. The third-order valence-corrected chi connectivity index (χ3v) is 4.60. The number of aryl methyl sites for hydroxylation is 1. The zero-order chi connectivity index (χ0) is 16.8. The Kier molecular flexibility index (Phi) is 6.02. The van der Waals surface area contributed by atoms with E-state index in [1.54, 1.807) is 0 Å². The van der Waals surface area contributed by atoms with Crippen LogP contribution in [0.1, 0.15) is 47.6 Å². The predicted octanol–water partition coefficient (Wildman–Crippen LogP) is 4.16. The van der Waals surface area contributed by atoms with E-state index in [2.05, 4.69) is 49.4 Å². The summed E-state index contributed by atoms with van der Waals surface area (Å²) in [5, 5.41) is 9.72. The van der Waals surface area contributed by atoms with Gasteiger partial charge in [0.25, 0.3) is 0 Å². The number of aliphatic hydroxyl groups is 1. The molecule has 3 heteroatoms. The molecular weight excluding hydrogens is 300 g/mol. The van der Waals surface area contributed by atoms with Crippen LogP contribution in [0.4, 0.5) is 0 Å². The number of benzene rings is 2. The lowest BCUT2D eigenvalue weighted by Crippen LogP contribution is -2.25. The topological polar surface area (TPSA) is 38.7 Å². The zero-order valence-corrected chi connectivity index (χ0v) is 14.3. The first-order valence-electron chi connectivity index (χ1n) is 8.77. The monoisotopic (exact) mass is 326 g/mol. The van der Waals surface area contributed by atoms with Gasteiger partial charge in [-0.05, 0) is 54.9 Å². The average molecular weight is 326 g/mol. The SMILES string of the molecule is Cc1cc(C(CO)OC2CCCCO2)ccc1Cc1ccccc1. The summed E-state index contributed by atoms with van der Waals surface area (Å²) < 4.78 is 11.6. The van der Waals surface area contributed by atoms with Crippen molar-refractivity contribution in [3.63, 3.8) is 0 Å². The van der Waals surface area contributed by atoms with Crippen LogP contribution in [0.15, 0.2) is 48.5 Å². The molecule has 1 aliphatic rings. The molecule has 1 aliphatic heterocycles. The summed E-state index contributed by atoms with van der Waals surface area (Å²) in [6, 6.07) is 16.8. The van der Waals surface area contributed by atoms with Crippen LogP contribution >= 0.6 is 0 Å². The Morgan fingerprint density at radius 2 is 2.00 bits per heavy atom. The molecule has 0 radical (unpaired) electrons. The summed E-state index contributed by atoms with van der Waals surface area (Å²) in [5.74, 6) is 0. The number of hydrogen-bond donors (Lipinski definition) is 1. The predicted molar refractivity (Wildman–Crippen MR) is 94.9 cm³/mol. The molecule has 0 bridgehead atoms. The quantitative estimate of drug-likeness (QED) is 0.866. The number of ether oxygens (including phenoxy) is 2. The van der Waals surface area contributed by atoms with Crippen molar-refractivity contribution in [2.24, 2.45) is 0 Å². The Bertz CT molecular complexity index is 633. The van der Waals surface area contributed by atoms with E-state index in [0.717, 1.165) is 37.9 Å². The van der Waals surface area contributed by atoms with Gasteiger partial charge in [0.15, 0.2) is 6.29 Å². The molecule has 1 heterocycles. The van der Waals surface area contributed by atoms with Gasteiger partial charge >= 0.3 is 0 Å². The van der Waals surface area contributed by atoms with Crippen molar-refractivity contribution in [2.75, 3.05) is 13.2 Å².